The van der Waals surface area contributed by atoms with Crippen molar-refractivity contribution in [2.24, 2.45) is 7.05 Å². The summed E-state index contributed by atoms with van der Waals surface area (Å²) in [6.45, 7) is 10.1. The van der Waals surface area contributed by atoms with Crippen molar-refractivity contribution < 1.29 is 14.3 Å². The third kappa shape index (κ3) is 4.12. The molecule has 2 unspecified atom stereocenters. The third-order valence-electron chi connectivity index (χ3n) is 8.29. The fraction of sp³-hybridized carbons (Fsp3) is 0.760. The molecule has 6 rings (SSSR count). The summed E-state index contributed by atoms with van der Waals surface area (Å²) in [7, 11) is 1.94. The van der Waals surface area contributed by atoms with Gasteiger partial charge in [-0.05, 0) is 88.3 Å². The zero-order valence-corrected chi connectivity index (χ0v) is 23.3. The monoisotopic (exact) mass is 561 g/mol. The van der Waals surface area contributed by atoms with Crippen LogP contribution in [0.2, 0.25) is 0 Å². The van der Waals surface area contributed by atoms with Crippen molar-refractivity contribution in [3.63, 3.8) is 0 Å². The molecule has 2 aromatic rings. The standard InChI is InChI=1S/C25H36BrN7O3/c1-24(2,3)36-23(34)33-16-7-8-17(33)14-31(13-16)20-18-19(30(4)21(26)27-18)28-22(29-20)35-15-25-9-5-11-32(25)12-6-10-25/h16-17H,5-15H2,1-4H3. The first-order chi connectivity index (χ1) is 17.1. The second kappa shape index (κ2) is 8.72. The van der Waals surface area contributed by atoms with Gasteiger partial charge in [0.05, 0.1) is 17.6 Å². The Bertz CT molecular complexity index is 1150. The lowest BCUT2D eigenvalue weighted by molar-refractivity contribution is 0.0122. The molecule has 11 heteroatoms. The second-order valence-corrected chi connectivity index (χ2v) is 12.5. The van der Waals surface area contributed by atoms with E-state index in [-0.39, 0.29) is 23.7 Å². The van der Waals surface area contributed by atoms with Crippen LogP contribution in [0.3, 0.4) is 0 Å². The molecule has 2 bridgehead atoms. The average Bonchev–Trinajstić information content (AvgIpc) is 3.53. The van der Waals surface area contributed by atoms with E-state index in [4.69, 9.17) is 24.4 Å². The Morgan fingerprint density at radius 1 is 1.08 bits per heavy atom. The first-order valence-electron chi connectivity index (χ1n) is 13.2. The van der Waals surface area contributed by atoms with Crippen LogP contribution in [0.4, 0.5) is 10.6 Å². The van der Waals surface area contributed by atoms with Crippen molar-refractivity contribution in [3.05, 3.63) is 4.73 Å². The maximum Gasteiger partial charge on any atom is 0.410 e. The quantitative estimate of drug-likeness (QED) is 0.522. The van der Waals surface area contributed by atoms with Crippen molar-refractivity contribution in [2.45, 2.75) is 82.5 Å². The summed E-state index contributed by atoms with van der Waals surface area (Å²) in [5.41, 5.74) is 1.12. The topological polar surface area (TPSA) is 88.9 Å². The molecule has 2 aromatic heterocycles. The second-order valence-electron chi connectivity index (χ2n) is 11.8. The average molecular weight is 563 g/mol. The molecule has 2 atom stereocenters. The number of fused-ring (bicyclic) bond motifs is 4. The summed E-state index contributed by atoms with van der Waals surface area (Å²) < 4.78 is 14.7. The van der Waals surface area contributed by atoms with Gasteiger partial charge in [-0.15, -0.1) is 0 Å². The molecule has 36 heavy (non-hydrogen) atoms. The van der Waals surface area contributed by atoms with Crippen LogP contribution in [0, 0.1) is 0 Å². The Morgan fingerprint density at radius 3 is 2.39 bits per heavy atom. The first kappa shape index (κ1) is 24.2. The van der Waals surface area contributed by atoms with Gasteiger partial charge in [0.2, 0.25) is 0 Å². The zero-order chi connectivity index (χ0) is 25.2. The van der Waals surface area contributed by atoms with Gasteiger partial charge in [-0.2, -0.15) is 9.97 Å². The molecule has 4 fully saturated rings. The van der Waals surface area contributed by atoms with E-state index in [9.17, 15) is 4.79 Å². The Kier molecular flexibility index (Phi) is 5.86. The summed E-state index contributed by atoms with van der Waals surface area (Å²) in [6, 6.07) is 0.581. The van der Waals surface area contributed by atoms with Crippen LogP contribution in [0.15, 0.2) is 4.73 Å². The van der Waals surface area contributed by atoms with Gasteiger partial charge in [0.25, 0.3) is 0 Å². The van der Waals surface area contributed by atoms with Gasteiger partial charge < -0.3 is 18.9 Å². The minimum absolute atomic E-state index is 0.0876. The number of aromatic nitrogens is 4. The summed E-state index contributed by atoms with van der Waals surface area (Å²) in [6.07, 6.45) is 6.51. The van der Waals surface area contributed by atoms with Crippen LogP contribution in [-0.2, 0) is 11.8 Å². The van der Waals surface area contributed by atoms with Gasteiger partial charge in [-0.25, -0.2) is 9.78 Å². The number of hydrogen-bond donors (Lipinski definition) is 0. The van der Waals surface area contributed by atoms with E-state index < -0.39 is 5.60 Å². The van der Waals surface area contributed by atoms with Crippen LogP contribution in [-0.4, -0.2) is 91.4 Å². The van der Waals surface area contributed by atoms with Gasteiger partial charge in [-0.1, -0.05) is 0 Å². The molecule has 10 nitrogen and oxygen atoms in total. The lowest BCUT2D eigenvalue weighted by atomic mass is 9.95. The van der Waals surface area contributed by atoms with E-state index in [1.807, 2.05) is 37.3 Å². The number of hydrogen-bond acceptors (Lipinski definition) is 8. The van der Waals surface area contributed by atoms with E-state index in [2.05, 4.69) is 25.7 Å². The Labute approximate surface area is 220 Å². The zero-order valence-electron chi connectivity index (χ0n) is 21.7. The SMILES string of the molecule is Cn1c(Br)nc2c(N3CC4CCC(C3)N4C(=O)OC(C)(C)C)nc(OCC34CCCN3CCC4)nc21. The number of halogens is 1. The van der Waals surface area contributed by atoms with Gasteiger partial charge in [0, 0.05) is 20.1 Å². The van der Waals surface area contributed by atoms with E-state index >= 15 is 0 Å². The van der Waals surface area contributed by atoms with Crippen LogP contribution in [0.1, 0.15) is 59.3 Å². The highest BCUT2D eigenvalue weighted by Gasteiger charge is 2.46. The van der Waals surface area contributed by atoms with Crippen LogP contribution >= 0.6 is 15.9 Å². The molecule has 196 valence electrons. The largest absolute Gasteiger partial charge is 0.461 e. The molecular weight excluding hydrogens is 526 g/mol. The number of carbonyl (C=O) groups is 1. The van der Waals surface area contributed by atoms with E-state index in [0.717, 1.165) is 42.9 Å². The van der Waals surface area contributed by atoms with E-state index in [0.29, 0.717) is 30.4 Å². The molecule has 0 spiro atoms. The highest BCUT2D eigenvalue weighted by molar-refractivity contribution is 9.10. The molecule has 6 heterocycles. The maximum atomic E-state index is 12.9. The molecule has 4 aliphatic heterocycles. The fourth-order valence-corrected chi connectivity index (χ4v) is 6.98. The van der Waals surface area contributed by atoms with Crippen molar-refractivity contribution in [1.29, 1.82) is 0 Å². The summed E-state index contributed by atoms with van der Waals surface area (Å²) >= 11 is 3.56. The van der Waals surface area contributed by atoms with E-state index in [1.54, 1.807) is 0 Å². The minimum Gasteiger partial charge on any atom is -0.461 e. The molecule has 0 aliphatic carbocycles. The predicted molar refractivity (Wildman–Crippen MR) is 139 cm³/mol. The van der Waals surface area contributed by atoms with Crippen LogP contribution in [0.5, 0.6) is 6.01 Å². The number of imidazole rings is 1. The molecule has 0 aromatic carbocycles. The van der Waals surface area contributed by atoms with Crippen molar-refractivity contribution in [1.82, 2.24) is 29.3 Å². The molecule has 4 aliphatic rings. The Hall–Kier alpha value is -2.14. The molecule has 0 radical (unpaired) electrons. The third-order valence-corrected chi connectivity index (χ3v) is 9.00. The van der Waals surface area contributed by atoms with Crippen molar-refractivity contribution >= 4 is 39.0 Å². The normalized spacial score (nSPS) is 25.6. The predicted octanol–water partition coefficient (Wildman–Crippen LogP) is 3.72. The number of ether oxygens (including phenoxy) is 2. The fourth-order valence-electron chi connectivity index (χ4n) is 6.63. The number of anilines is 1. The lowest BCUT2D eigenvalue weighted by Gasteiger charge is -2.41. The van der Waals surface area contributed by atoms with Crippen LogP contribution < -0.4 is 9.64 Å². The number of amides is 1. The molecule has 1 amide bonds. The number of aryl methyl sites for hydroxylation is 1. The van der Waals surface area contributed by atoms with Gasteiger partial charge in [-0.3, -0.25) is 9.80 Å². The molecule has 4 saturated heterocycles. The van der Waals surface area contributed by atoms with Gasteiger partial charge >= 0.3 is 12.1 Å². The summed E-state index contributed by atoms with van der Waals surface area (Å²) in [5.74, 6) is 0.782. The minimum atomic E-state index is -0.507. The smallest absolute Gasteiger partial charge is 0.410 e. The lowest BCUT2D eigenvalue weighted by Crippen LogP contribution is -2.57. The number of nitrogens with zero attached hydrogens (tertiary/aromatic N) is 7. The number of rotatable bonds is 4. The molecule has 0 saturated carbocycles. The first-order valence-corrected chi connectivity index (χ1v) is 14.0. The van der Waals surface area contributed by atoms with Crippen molar-refractivity contribution in [3.8, 4) is 6.01 Å². The van der Waals surface area contributed by atoms with E-state index in [1.165, 1.54) is 25.7 Å². The number of piperazine rings is 1. The van der Waals surface area contributed by atoms with Crippen LogP contribution in [0.25, 0.3) is 11.2 Å². The van der Waals surface area contributed by atoms with Gasteiger partial charge in [0.1, 0.15) is 12.2 Å². The highest BCUT2D eigenvalue weighted by Crippen LogP contribution is 2.40. The maximum absolute atomic E-state index is 12.9. The highest BCUT2D eigenvalue weighted by atomic mass is 79.9. The Morgan fingerprint density at radius 2 is 1.75 bits per heavy atom. The van der Waals surface area contributed by atoms with Crippen molar-refractivity contribution in [2.75, 3.05) is 37.7 Å². The summed E-state index contributed by atoms with van der Waals surface area (Å²) in [4.78, 5) is 34.2. The molecule has 0 N–H and O–H groups in total. The Balaban J connectivity index is 1.27. The number of carbonyl (C=O) groups excluding carboxylic acids is 1. The van der Waals surface area contributed by atoms with Gasteiger partial charge in [0.15, 0.2) is 21.7 Å². The summed E-state index contributed by atoms with van der Waals surface area (Å²) in [5, 5.41) is 0. The molecular formula is C25H36BrN7O3.